The average Bonchev–Trinajstić information content (AvgIpc) is 2.29. The lowest BCUT2D eigenvalue weighted by atomic mass is 10.1. The van der Waals surface area contributed by atoms with Gasteiger partial charge in [0.25, 0.3) is 0 Å². The van der Waals surface area contributed by atoms with Gasteiger partial charge >= 0.3 is 0 Å². The monoisotopic (exact) mass is 210 g/mol. The van der Waals surface area contributed by atoms with E-state index in [4.69, 9.17) is 0 Å². The van der Waals surface area contributed by atoms with Gasteiger partial charge < -0.3 is 10.2 Å². The highest BCUT2D eigenvalue weighted by atomic mass is 16.2. The molecule has 0 aromatic carbocycles. The van der Waals surface area contributed by atoms with Crippen LogP contribution in [0.4, 0.5) is 0 Å². The van der Waals surface area contributed by atoms with E-state index in [1.807, 2.05) is 4.90 Å². The van der Waals surface area contributed by atoms with E-state index in [1.165, 1.54) is 12.5 Å². The summed E-state index contributed by atoms with van der Waals surface area (Å²) in [4.78, 5) is 24.7. The summed E-state index contributed by atoms with van der Waals surface area (Å²) < 4.78 is 0. The number of hydrogen-bond acceptors (Lipinski definition) is 2. The Kier molecular flexibility index (Phi) is 4.34. The molecule has 1 atom stereocenters. The molecule has 1 aliphatic heterocycles. The van der Waals surface area contributed by atoms with Crippen LogP contribution in [-0.2, 0) is 9.59 Å². The molecule has 84 valence electrons. The van der Waals surface area contributed by atoms with E-state index in [0.29, 0.717) is 0 Å². The van der Waals surface area contributed by atoms with Crippen molar-refractivity contribution in [2.45, 2.75) is 32.2 Å². The van der Waals surface area contributed by atoms with Gasteiger partial charge in [0.15, 0.2) is 0 Å². The van der Waals surface area contributed by atoms with Gasteiger partial charge in [-0.1, -0.05) is 6.58 Å². The van der Waals surface area contributed by atoms with Crippen LogP contribution in [0.1, 0.15) is 26.2 Å². The Labute approximate surface area is 90.3 Å². The van der Waals surface area contributed by atoms with E-state index in [-0.39, 0.29) is 11.8 Å². The fourth-order valence-corrected chi connectivity index (χ4v) is 1.72. The number of hydrogen-bond donors (Lipinski definition) is 1. The summed E-state index contributed by atoms with van der Waals surface area (Å²) in [6.45, 7) is 6.68. The van der Waals surface area contributed by atoms with Gasteiger partial charge in [-0.05, 0) is 32.3 Å². The second-order valence-electron chi connectivity index (χ2n) is 3.82. The van der Waals surface area contributed by atoms with Crippen molar-refractivity contribution >= 4 is 11.8 Å². The van der Waals surface area contributed by atoms with Gasteiger partial charge in [0.05, 0.1) is 0 Å². The standard InChI is InChI=1S/C11H18N2O2/c1-3-10(14)12-9(2)11(15)13-7-5-4-6-8-13/h3,9H,1,4-8H2,2H3,(H,12,14)/t9-/m0/s1. The molecule has 0 unspecified atom stereocenters. The number of likely N-dealkylation sites (tertiary alicyclic amines) is 1. The van der Waals surface area contributed by atoms with E-state index in [2.05, 4.69) is 11.9 Å². The number of nitrogens with zero attached hydrogens (tertiary/aromatic N) is 1. The maximum Gasteiger partial charge on any atom is 0.244 e. The summed E-state index contributed by atoms with van der Waals surface area (Å²) in [6, 6.07) is -0.450. The van der Waals surface area contributed by atoms with Crippen LogP contribution in [0.25, 0.3) is 0 Å². The number of amides is 2. The molecule has 2 amide bonds. The highest BCUT2D eigenvalue weighted by Gasteiger charge is 2.22. The first-order valence-electron chi connectivity index (χ1n) is 5.37. The Morgan fingerprint density at radius 3 is 2.47 bits per heavy atom. The minimum atomic E-state index is -0.450. The molecule has 4 nitrogen and oxygen atoms in total. The SMILES string of the molecule is C=CC(=O)N[C@@H](C)C(=O)N1CCCCC1. The summed E-state index contributed by atoms with van der Waals surface area (Å²) >= 11 is 0. The van der Waals surface area contributed by atoms with Crippen molar-refractivity contribution in [2.24, 2.45) is 0 Å². The minimum absolute atomic E-state index is 0.00454. The molecule has 0 radical (unpaired) electrons. The van der Waals surface area contributed by atoms with Gasteiger partial charge in [-0.2, -0.15) is 0 Å². The van der Waals surface area contributed by atoms with Crippen molar-refractivity contribution in [1.82, 2.24) is 10.2 Å². The van der Waals surface area contributed by atoms with Crippen molar-refractivity contribution in [3.8, 4) is 0 Å². The summed E-state index contributed by atoms with van der Waals surface area (Å²) in [5.41, 5.74) is 0. The molecule has 0 aliphatic carbocycles. The Morgan fingerprint density at radius 2 is 1.93 bits per heavy atom. The Bertz CT molecular complexity index is 257. The zero-order chi connectivity index (χ0) is 11.3. The predicted molar refractivity (Wildman–Crippen MR) is 58.2 cm³/mol. The summed E-state index contributed by atoms with van der Waals surface area (Å²) in [7, 11) is 0. The largest absolute Gasteiger partial charge is 0.341 e. The van der Waals surface area contributed by atoms with Gasteiger partial charge in [-0.3, -0.25) is 9.59 Å². The molecule has 1 rings (SSSR count). The van der Waals surface area contributed by atoms with Gasteiger partial charge in [0, 0.05) is 13.1 Å². The molecule has 0 saturated carbocycles. The number of piperidine rings is 1. The third-order valence-corrected chi connectivity index (χ3v) is 2.58. The molecule has 1 aliphatic rings. The highest BCUT2D eigenvalue weighted by Crippen LogP contribution is 2.09. The lowest BCUT2D eigenvalue weighted by Crippen LogP contribution is -2.48. The van der Waals surface area contributed by atoms with Crippen LogP contribution in [0.15, 0.2) is 12.7 Å². The summed E-state index contributed by atoms with van der Waals surface area (Å²) in [6.07, 6.45) is 4.50. The number of carbonyl (C=O) groups excluding carboxylic acids is 2. The van der Waals surface area contributed by atoms with E-state index < -0.39 is 6.04 Å². The Balaban J connectivity index is 2.43. The fourth-order valence-electron chi connectivity index (χ4n) is 1.72. The van der Waals surface area contributed by atoms with Gasteiger partial charge in [-0.15, -0.1) is 0 Å². The molecular weight excluding hydrogens is 192 g/mol. The highest BCUT2D eigenvalue weighted by molar-refractivity contribution is 5.92. The molecular formula is C11H18N2O2. The lowest BCUT2D eigenvalue weighted by Gasteiger charge is -2.29. The first kappa shape index (κ1) is 11.8. The van der Waals surface area contributed by atoms with Crippen molar-refractivity contribution in [2.75, 3.05) is 13.1 Å². The van der Waals surface area contributed by atoms with Crippen LogP contribution in [0.5, 0.6) is 0 Å². The Hall–Kier alpha value is -1.32. The zero-order valence-electron chi connectivity index (χ0n) is 9.16. The van der Waals surface area contributed by atoms with Gasteiger partial charge in [0.2, 0.25) is 11.8 Å². The molecule has 1 heterocycles. The van der Waals surface area contributed by atoms with Crippen LogP contribution < -0.4 is 5.32 Å². The topological polar surface area (TPSA) is 49.4 Å². The van der Waals surface area contributed by atoms with Crippen LogP contribution in [0, 0.1) is 0 Å². The number of carbonyl (C=O) groups is 2. The van der Waals surface area contributed by atoms with Crippen molar-refractivity contribution in [3.05, 3.63) is 12.7 Å². The first-order valence-corrected chi connectivity index (χ1v) is 5.37. The van der Waals surface area contributed by atoms with Crippen molar-refractivity contribution in [3.63, 3.8) is 0 Å². The molecule has 4 heteroatoms. The smallest absolute Gasteiger partial charge is 0.244 e. The zero-order valence-corrected chi connectivity index (χ0v) is 9.16. The molecule has 0 spiro atoms. The maximum absolute atomic E-state index is 11.8. The summed E-state index contributed by atoms with van der Waals surface area (Å²) in [5.74, 6) is -0.294. The predicted octanol–water partition coefficient (Wildman–Crippen LogP) is 0.690. The normalized spacial score (nSPS) is 18.1. The van der Waals surface area contributed by atoms with Crippen LogP contribution in [0.3, 0.4) is 0 Å². The number of rotatable bonds is 3. The lowest BCUT2D eigenvalue weighted by molar-refractivity contribution is -0.135. The van der Waals surface area contributed by atoms with E-state index in [9.17, 15) is 9.59 Å². The molecule has 0 aromatic rings. The maximum atomic E-state index is 11.8. The molecule has 1 N–H and O–H groups in total. The first-order chi connectivity index (χ1) is 7.15. The average molecular weight is 210 g/mol. The van der Waals surface area contributed by atoms with Crippen LogP contribution >= 0.6 is 0 Å². The quantitative estimate of drug-likeness (QED) is 0.697. The van der Waals surface area contributed by atoms with E-state index in [1.54, 1.807) is 6.92 Å². The van der Waals surface area contributed by atoms with Gasteiger partial charge in [-0.25, -0.2) is 0 Å². The minimum Gasteiger partial charge on any atom is -0.341 e. The molecule has 1 saturated heterocycles. The third-order valence-electron chi connectivity index (χ3n) is 2.58. The molecule has 15 heavy (non-hydrogen) atoms. The molecule has 0 bridgehead atoms. The van der Waals surface area contributed by atoms with Crippen LogP contribution in [0.2, 0.25) is 0 Å². The van der Waals surface area contributed by atoms with Gasteiger partial charge in [0.1, 0.15) is 6.04 Å². The van der Waals surface area contributed by atoms with E-state index in [0.717, 1.165) is 25.9 Å². The summed E-state index contributed by atoms with van der Waals surface area (Å²) in [5, 5.41) is 2.58. The number of nitrogens with one attached hydrogen (secondary N) is 1. The van der Waals surface area contributed by atoms with Crippen LogP contribution in [-0.4, -0.2) is 35.8 Å². The fraction of sp³-hybridized carbons (Fsp3) is 0.636. The third kappa shape index (κ3) is 3.38. The Morgan fingerprint density at radius 1 is 1.33 bits per heavy atom. The molecule has 1 fully saturated rings. The van der Waals surface area contributed by atoms with E-state index >= 15 is 0 Å². The second-order valence-corrected chi connectivity index (χ2v) is 3.82. The van der Waals surface area contributed by atoms with Crippen molar-refractivity contribution in [1.29, 1.82) is 0 Å². The second kappa shape index (κ2) is 5.53. The van der Waals surface area contributed by atoms with Crippen molar-refractivity contribution < 1.29 is 9.59 Å². The molecule has 0 aromatic heterocycles.